The zero-order valence-electron chi connectivity index (χ0n) is 54.6. The van der Waals surface area contributed by atoms with E-state index in [0.717, 1.165) is 122 Å². The van der Waals surface area contributed by atoms with Gasteiger partial charge >= 0.3 is 11.9 Å². The first-order chi connectivity index (χ1) is 41.6. The molecule has 0 spiro atoms. The van der Waals surface area contributed by atoms with E-state index in [1.165, 1.54) is 161 Å². The number of aliphatic hydroxyl groups is 1. The third-order valence-electron chi connectivity index (χ3n) is 14.8. The van der Waals surface area contributed by atoms with Gasteiger partial charge in [-0.15, -0.1) is 0 Å². The summed E-state index contributed by atoms with van der Waals surface area (Å²) in [5.74, 6) is -0.590. The Balaban J connectivity index is 3.50. The van der Waals surface area contributed by atoms with Gasteiger partial charge in [0.25, 0.3) is 0 Å². The Labute approximate surface area is 520 Å². The van der Waals surface area contributed by atoms with E-state index in [4.69, 9.17) is 9.47 Å². The fourth-order valence-corrected chi connectivity index (χ4v) is 9.66. The van der Waals surface area contributed by atoms with Gasteiger partial charge in [0, 0.05) is 12.8 Å². The van der Waals surface area contributed by atoms with Crippen LogP contribution in [0.1, 0.15) is 309 Å². The maximum Gasteiger partial charge on any atom is 0.306 e. The number of esters is 2. The summed E-state index contributed by atoms with van der Waals surface area (Å²) in [6.07, 6.45) is 111. The van der Waals surface area contributed by atoms with Crippen molar-refractivity contribution >= 4 is 11.9 Å². The van der Waals surface area contributed by atoms with Crippen LogP contribution in [0.5, 0.6) is 0 Å². The Morgan fingerprint density at radius 2 is 0.476 bits per heavy atom. The van der Waals surface area contributed by atoms with E-state index in [9.17, 15) is 14.7 Å². The third kappa shape index (κ3) is 70.0. The molecule has 476 valence electrons. The van der Waals surface area contributed by atoms with E-state index in [-0.39, 0.29) is 25.2 Å². The predicted octanol–water partition coefficient (Wildman–Crippen LogP) is 24.6. The second-order valence-electron chi connectivity index (χ2n) is 22.8. The highest BCUT2D eigenvalue weighted by Crippen LogP contribution is 2.17. The van der Waals surface area contributed by atoms with Crippen LogP contribution in [0.25, 0.3) is 0 Å². The van der Waals surface area contributed by atoms with Crippen LogP contribution in [0.3, 0.4) is 0 Å². The van der Waals surface area contributed by atoms with Crippen LogP contribution < -0.4 is 0 Å². The minimum Gasteiger partial charge on any atom is -0.462 e. The lowest BCUT2D eigenvalue weighted by molar-refractivity contribution is -0.161. The molecular formula is C79H130O5. The van der Waals surface area contributed by atoms with E-state index in [1.54, 1.807) is 0 Å². The largest absolute Gasteiger partial charge is 0.462 e. The van der Waals surface area contributed by atoms with Gasteiger partial charge in [-0.1, -0.05) is 332 Å². The molecule has 0 amide bonds. The molecule has 1 N–H and O–H groups in total. The van der Waals surface area contributed by atoms with Crippen molar-refractivity contribution in [3.05, 3.63) is 158 Å². The summed E-state index contributed by atoms with van der Waals surface area (Å²) in [4.78, 5) is 24.7. The molecule has 0 saturated heterocycles. The van der Waals surface area contributed by atoms with Crippen molar-refractivity contribution in [2.75, 3.05) is 13.2 Å². The van der Waals surface area contributed by atoms with Gasteiger partial charge < -0.3 is 14.6 Å². The van der Waals surface area contributed by atoms with Crippen LogP contribution in [0.4, 0.5) is 0 Å². The summed E-state index contributed by atoms with van der Waals surface area (Å²) in [6, 6.07) is 0. The smallest absolute Gasteiger partial charge is 0.306 e. The number of hydrogen-bond donors (Lipinski definition) is 1. The van der Waals surface area contributed by atoms with Gasteiger partial charge in [0.1, 0.15) is 6.61 Å². The molecule has 0 bridgehead atoms. The highest BCUT2D eigenvalue weighted by Gasteiger charge is 2.16. The Bertz CT molecular complexity index is 1790. The van der Waals surface area contributed by atoms with Gasteiger partial charge in [-0.3, -0.25) is 9.59 Å². The molecule has 0 fully saturated rings. The second kappa shape index (κ2) is 72.8. The summed E-state index contributed by atoms with van der Waals surface area (Å²) in [7, 11) is 0. The number of carbonyl (C=O) groups is 2. The molecule has 1 unspecified atom stereocenters. The average molecular weight is 1160 g/mol. The lowest BCUT2D eigenvalue weighted by atomic mass is 10.0. The van der Waals surface area contributed by atoms with Crippen LogP contribution in [0.15, 0.2) is 158 Å². The topological polar surface area (TPSA) is 72.8 Å². The highest BCUT2D eigenvalue weighted by atomic mass is 16.6. The van der Waals surface area contributed by atoms with Gasteiger partial charge in [0.2, 0.25) is 0 Å². The van der Waals surface area contributed by atoms with Crippen LogP contribution in [0, 0.1) is 0 Å². The SMILES string of the molecule is CC/C=C\C/C=C\C/C=C\C/C=C\C/C=C\C/C=C\C/C=C\CCCCCCCCCCCCCCCCCCCC(=O)OC(CO)COC(=O)CCCCCCCCCCCCCC/C=C\C/C=C\C/C=C\C/C=C\C/C=C\C/C=C\CC. The molecule has 0 aromatic rings. The third-order valence-corrected chi connectivity index (χ3v) is 14.8. The molecule has 0 aromatic carbocycles. The summed E-state index contributed by atoms with van der Waals surface area (Å²) in [5, 5.41) is 9.71. The maximum atomic E-state index is 12.4. The number of unbranched alkanes of at least 4 members (excludes halogenated alkanes) is 29. The number of hydrogen-bond acceptors (Lipinski definition) is 5. The average Bonchev–Trinajstić information content (AvgIpc) is 3.51. The predicted molar refractivity (Wildman–Crippen MR) is 370 cm³/mol. The summed E-state index contributed by atoms with van der Waals surface area (Å²) in [6.45, 7) is 3.93. The number of allylic oxidation sites excluding steroid dienone is 26. The molecule has 0 saturated carbocycles. The van der Waals surface area contributed by atoms with Crippen molar-refractivity contribution in [1.82, 2.24) is 0 Å². The molecule has 0 aliphatic heterocycles. The van der Waals surface area contributed by atoms with Crippen LogP contribution >= 0.6 is 0 Å². The first-order valence-electron chi connectivity index (χ1n) is 35.0. The van der Waals surface area contributed by atoms with Gasteiger partial charge in [-0.25, -0.2) is 0 Å². The zero-order chi connectivity index (χ0) is 60.5. The highest BCUT2D eigenvalue weighted by molar-refractivity contribution is 5.70. The minimum absolute atomic E-state index is 0.0721. The lowest BCUT2D eigenvalue weighted by Gasteiger charge is -2.15. The monoisotopic (exact) mass is 1160 g/mol. The quantitative estimate of drug-likeness (QED) is 0.0373. The van der Waals surface area contributed by atoms with Gasteiger partial charge in [-0.05, 0) is 122 Å². The molecule has 1 atom stereocenters. The van der Waals surface area contributed by atoms with E-state index in [1.807, 2.05) is 0 Å². The lowest BCUT2D eigenvalue weighted by Crippen LogP contribution is -2.28. The van der Waals surface area contributed by atoms with Crippen molar-refractivity contribution < 1.29 is 24.2 Å². The van der Waals surface area contributed by atoms with E-state index >= 15 is 0 Å². The molecule has 5 nitrogen and oxygen atoms in total. The van der Waals surface area contributed by atoms with Crippen molar-refractivity contribution in [2.24, 2.45) is 0 Å². The fraction of sp³-hybridized carbons (Fsp3) is 0.646. The molecule has 0 rings (SSSR count). The van der Waals surface area contributed by atoms with Crippen molar-refractivity contribution in [3.63, 3.8) is 0 Å². The Morgan fingerprint density at radius 1 is 0.274 bits per heavy atom. The van der Waals surface area contributed by atoms with Gasteiger partial charge in [0.15, 0.2) is 6.10 Å². The standard InChI is InChI=1S/C79H130O5/c1-3-5-7-9-11-13-15-17-19-21-23-25-27-29-31-33-35-36-37-38-39-40-41-42-44-46-48-50-52-54-56-58-60-62-64-66-68-70-72-74-79(82)84-77(75-80)76-83-78(81)73-71-69-67-65-63-61-59-57-55-53-51-49-47-45-43-34-32-30-28-26-24-22-20-18-16-14-12-10-8-6-4-2/h5-8,11-14,17-20,23-26,29-32,35-36,38-39,43,45,77,80H,3-4,9-10,15-16,21-22,27-28,33-34,37,40-42,44,46-76H2,1-2H3/b7-5-,8-6-,13-11-,14-12-,19-17-,20-18-,25-23-,26-24-,31-29-,32-30-,36-35-,39-38-,45-43-. The fourth-order valence-electron chi connectivity index (χ4n) is 9.66. The number of ether oxygens (including phenoxy) is 2. The first-order valence-corrected chi connectivity index (χ1v) is 35.0. The maximum absolute atomic E-state index is 12.4. The second-order valence-corrected chi connectivity index (χ2v) is 22.8. The van der Waals surface area contributed by atoms with Crippen molar-refractivity contribution in [2.45, 2.75) is 315 Å². The Kier molecular flexibility index (Phi) is 68.9. The molecule has 0 aliphatic carbocycles. The zero-order valence-corrected chi connectivity index (χ0v) is 54.6. The first kappa shape index (κ1) is 79.5. The van der Waals surface area contributed by atoms with Crippen LogP contribution in [-0.4, -0.2) is 36.4 Å². The van der Waals surface area contributed by atoms with E-state index in [2.05, 4.69) is 172 Å². The normalized spacial score (nSPS) is 13.2. The summed E-state index contributed by atoms with van der Waals surface area (Å²) >= 11 is 0. The molecular weight excluding hydrogens is 1030 g/mol. The van der Waals surface area contributed by atoms with E-state index in [0.29, 0.717) is 12.8 Å². The van der Waals surface area contributed by atoms with Crippen molar-refractivity contribution in [1.29, 1.82) is 0 Å². The molecule has 84 heavy (non-hydrogen) atoms. The molecule has 0 aliphatic rings. The minimum atomic E-state index is -0.783. The molecule has 0 heterocycles. The van der Waals surface area contributed by atoms with E-state index < -0.39 is 6.10 Å². The Hall–Kier alpha value is -4.48. The molecule has 0 aromatic heterocycles. The molecule has 0 radical (unpaired) electrons. The van der Waals surface area contributed by atoms with Gasteiger partial charge in [0.05, 0.1) is 6.61 Å². The number of rotatable bonds is 63. The Morgan fingerprint density at radius 3 is 0.714 bits per heavy atom. The number of aliphatic hydroxyl groups excluding tert-OH is 1. The van der Waals surface area contributed by atoms with Gasteiger partial charge in [-0.2, -0.15) is 0 Å². The molecule has 5 heteroatoms. The number of carbonyl (C=O) groups excluding carboxylic acids is 2. The summed E-state index contributed by atoms with van der Waals surface area (Å²) in [5.41, 5.74) is 0. The summed E-state index contributed by atoms with van der Waals surface area (Å²) < 4.78 is 10.8. The van der Waals surface area contributed by atoms with Crippen LogP contribution in [-0.2, 0) is 19.1 Å². The van der Waals surface area contributed by atoms with Crippen molar-refractivity contribution in [3.8, 4) is 0 Å². The van der Waals surface area contributed by atoms with Crippen LogP contribution in [0.2, 0.25) is 0 Å².